The molecule has 1 unspecified atom stereocenters. The molecular weight excluding hydrogens is 380 g/mol. The molecule has 1 N–H and O–H groups in total. The SMILES string of the molecule is CC1(C(=O)NC2CCCCC2)Cn2c(cc3occc32)C(=O)N1Cc1cccnc1. The molecule has 3 aromatic heterocycles. The first kappa shape index (κ1) is 18.9. The van der Waals surface area contributed by atoms with Crippen LogP contribution in [0.2, 0.25) is 0 Å². The number of hydrogen-bond donors (Lipinski definition) is 1. The number of pyridine rings is 1. The molecule has 5 rings (SSSR count). The highest BCUT2D eigenvalue weighted by Crippen LogP contribution is 2.34. The largest absolute Gasteiger partial charge is 0.463 e. The number of carbonyl (C=O) groups excluding carboxylic acids is 2. The van der Waals surface area contributed by atoms with E-state index in [2.05, 4.69) is 10.3 Å². The quantitative estimate of drug-likeness (QED) is 0.719. The van der Waals surface area contributed by atoms with E-state index in [-0.39, 0.29) is 17.9 Å². The van der Waals surface area contributed by atoms with Crippen molar-refractivity contribution >= 4 is 22.9 Å². The van der Waals surface area contributed by atoms with Gasteiger partial charge in [-0.25, -0.2) is 0 Å². The van der Waals surface area contributed by atoms with Gasteiger partial charge in [0.1, 0.15) is 11.2 Å². The Bertz CT molecular complexity index is 1080. The Balaban J connectivity index is 1.53. The van der Waals surface area contributed by atoms with Crippen LogP contribution in [0.3, 0.4) is 0 Å². The van der Waals surface area contributed by atoms with Gasteiger partial charge < -0.3 is 19.2 Å². The van der Waals surface area contributed by atoms with E-state index in [1.54, 1.807) is 29.6 Å². The van der Waals surface area contributed by atoms with Crippen molar-refractivity contribution in [2.24, 2.45) is 0 Å². The van der Waals surface area contributed by atoms with Gasteiger partial charge in [-0.1, -0.05) is 25.3 Å². The topological polar surface area (TPSA) is 80.4 Å². The molecule has 1 atom stereocenters. The minimum Gasteiger partial charge on any atom is -0.463 e. The van der Waals surface area contributed by atoms with Gasteiger partial charge in [-0.15, -0.1) is 0 Å². The average Bonchev–Trinajstić information content (AvgIpc) is 3.35. The van der Waals surface area contributed by atoms with Crippen LogP contribution in [-0.4, -0.2) is 37.8 Å². The van der Waals surface area contributed by atoms with Crippen molar-refractivity contribution < 1.29 is 14.0 Å². The Morgan fingerprint density at radius 3 is 2.90 bits per heavy atom. The van der Waals surface area contributed by atoms with Gasteiger partial charge in [-0.05, 0) is 31.4 Å². The zero-order chi connectivity index (χ0) is 20.7. The second-order valence-electron chi connectivity index (χ2n) is 8.62. The molecule has 0 aromatic carbocycles. The first-order valence-electron chi connectivity index (χ1n) is 10.6. The monoisotopic (exact) mass is 406 g/mol. The van der Waals surface area contributed by atoms with Gasteiger partial charge in [-0.3, -0.25) is 14.6 Å². The zero-order valence-corrected chi connectivity index (χ0v) is 17.1. The molecule has 4 heterocycles. The number of furan rings is 1. The fourth-order valence-electron chi connectivity index (χ4n) is 4.78. The van der Waals surface area contributed by atoms with E-state index in [1.165, 1.54) is 6.42 Å². The van der Waals surface area contributed by atoms with E-state index in [0.717, 1.165) is 36.8 Å². The van der Waals surface area contributed by atoms with E-state index < -0.39 is 5.54 Å². The molecule has 1 aliphatic heterocycles. The van der Waals surface area contributed by atoms with Crippen molar-refractivity contribution in [3.8, 4) is 0 Å². The summed E-state index contributed by atoms with van der Waals surface area (Å²) < 4.78 is 7.44. The van der Waals surface area contributed by atoms with Gasteiger partial charge in [-0.2, -0.15) is 0 Å². The Labute approximate surface area is 175 Å². The first-order chi connectivity index (χ1) is 14.6. The third kappa shape index (κ3) is 3.09. The van der Waals surface area contributed by atoms with Crippen molar-refractivity contribution in [2.45, 2.75) is 63.7 Å². The zero-order valence-electron chi connectivity index (χ0n) is 17.1. The van der Waals surface area contributed by atoms with Crippen LogP contribution in [-0.2, 0) is 17.9 Å². The number of nitrogens with one attached hydrogen (secondary N) is 1. The highest BCUT2D eigenvalue weighted by Gasteiger charge is 2.48. The number of rotatable bonds is 4. The summed E-state index contributed by atoms with van der Waals surface area (Å²) in [5, 5.41) is 3.25. The average molecular weight is 406 g/mol. The van der Waals surface area contributed by atoms with E-state index in [1.807, 2.05) is 29.7 Å². The second-order valence-corrected chi connectivity index (χ2v) is 8.62. The van der Waals surface area contributed by atoms with Crippen molar-refractivity contribution in [1.29, 1.82) is 0 Å². The van der Waals surface area contributed by atoms with Gasteiger partial charge in [0, 0.05) is 37.1 Å². The Kier molecular flexibility index (Phi) is 4.60. The first-order valence-corrected chi connectivity index (χ1v) is 10.6. The Morgan fingerprint density at radius 1 is 1.30 bits per heavy atom. The Hall–Kier alpha value is -3.09. The predicted molar refractivity (Wildman–Crippen MR) is 112 cm³/mol. The summed E-state index contributed by atoms with van der Waals surface area (Å²) in [5.74, 6) is -0.263. The van der Waals surface area contributed by atoms with Crippen molar-refractivity contribution in [3.05, 3.63) is 54.2 Å². The summed E-state index contributed by atoms with van der Waals surface area (Å²) in [4.78, 5) is 33.0. The highest BCUT2D eigenvalue weighted by molar-refractivity contribution is 6.02. The van der Waals surface area contributed by atoms with Gasteiger partial charge in [0.25, 0.3) is 5.91 Å². The number of amides is 2. The van der Waals surface area contributed by atoms with Crippen molar-refractivity contribution in [1.82, 2.24) is 19.8 Å². The molecule has 1 saturated carbocycles. The molecule has 0 spiro atoms. The summed E-state index contributed by atoms with van der Waals surface area (Å²) >= 11 is 0. The van der Waals surface area contributed by atoms with Crippen LogP contribution in [0.25, 0.3) is 11.1 Å². The maximum absolute atomic E-state index is 13.6. The van der Waals surface area contributed by atoms with E-state index in [0.29, 0.717) is 24.4 Å². The van der Waals surface area contributed by atoms with Crippen LogP contribution in [0.4, 0.5) is 0 Å². The van der Waals surface area contributed by atoms with E-state index in [9.17, 15) is 9.59 Å². The minimum absolute atomic E-state index is 0.0948. The van der Waals surface area contributed by atoms with Crippen LogP contribution in [0.15, 0.2) is 47.3 Å². The number of hydrogen-bond acceptors (Lipinski definition) is 4. The summed E-state index contributed by atoms with van der Waals surface area (Å²) in [5.41, 5.74) is 1.94. The van der Waals surface area contributed by atoms with Gasteiger partial charge >= 0.3 is 0 Å². The standard InChI is InChI=1S/C23H26N4O3/c1-23(22(29)25-17-7-3-2-4-8-17)15-26-18-9-11-30-20(18)12-19(26)21(28)27(23)14-16-6-5-10-24-13-16/h5-6,9-13,17H,2-4,7-8,14-15H2,1H3,(H,25,29). The van der Waals surface area contributed by atoms with Crippen molar-refractivity contribution in [3.63, 3.8) is 0 Å². The number of carbonyl (C=O) groups is 2. The molecule has 0 saturated heterocycles. The van der Waals surface area contributed by atoms with Gasteiger partial charge in [0.05, 0.1) is 18.3 Å². The summed E-state index contributed by atoms with van der Waals surface area (Å²) in [6, 6.07) is 7.58. The lowest BCUT2D eigenvalue weighted by Crippen LogP contribution is -2.64. The molecule has 0 radical (unpaired) electrons. The fourth-order valence-corrected chi connectivity index (χ4v) is 4.78. The number of nitrogens with zero attached hydrogens (tertiary/aromatic N) is 3. The maximum atomic E-state index is 13.6. The molecule has 1 aliphatic carbocycles. The second kappa shape index (κ2) is 7.31. The molecule has 3 aromatic rings. The van der Waals surface area contributed by atoms with Gasteiger partial charge in [0.15, 0.2) is 5.58 Å². The van der Waals surface area contributed by atoms with Crippen LogP contribution < -0.4 is 5.32 Å². The molecule has 30 heavy (non-hydrogen) atoms. The van der Waals surface area contributed by atoms with E-state index >= 15 is 0 Å². The third-order valence-corrected chi connectivity index (χ3v) is 6.54. The highest BCUT2D eigenvalue weighted by atomic mass is 16.3. The Morgan fingerprint density at radius 2 is 2.13 bits per heavy atom. The molecule has 156 valence electrons. The van der Waals surface area contributed by atoms with Crippen LogP contribution in [0, 0.1) is 0 Å². The van der Waals surface area contributed by atoms with Crippen LogP contribution in [0.1, 0.15) is 55.1 Å². The summed E-state index contributed by atoms with van der Waals surface area (Å²) in [6.45, 7) is 2.58. The van der Waals surface area contributed by atoms with E-state index in [4.69, 9.17) is 4.42 Å². The van der Waals surface area contributed by atoms with Crippen molar-refractivity contribution in [2.75, 3.05) is 0 Å². The minimum atomic E-state index is -1.01. The normalized spacial score (nSPS) is 22.3. The molecular formula is C23H26N4O3. The fraction of sp³-hybridized carbons (Fsp3) is 0.435. The lowest BCUT2D eigenvalue weighted by atomic mass is 9.91. The lowest BCUT2D eigenvalue weighted by Gasteiger charge is -2.44. The summed E-state index contributed by atoms with van der Waals surface area (Å²) in [7, 11) is 0. The third-order valence-electron chi connectivity index (χ3n) is 6.54. The molecule has 1 fully saturated rings. The number of aromatic nitrogens is 2. The molecule has 7 heteroatoms. The lowest BCUT2D eigenvalue weighted by molar-refractivity contribution is -0.134. The number of fused-ring (bicyclic) bond motifs is 3. The van der Waals surface area contributed by atoms with Crippen LogP contribution in [0.5, 0.6) is 0 Å². The predicted octanol–water partition coefficient (Wildman–Crippen LogP) is 3.49. The maximum Gasteiger partial charge on any atom is 0.271 e. The molecule has 2 aliphatic rings. The molecule has 7 nitrogen and oxygen atoms in total. The smallest absolute Gasteiger partial charge is 0.271 e. The summed E-state index contributed by atoms with van der Waals surface area (Å²) in [6.07, 6.45) is 10.6. The van der Waals surface area contributed by atoms with Crippen LogP contribution >= 0.6 is 0 Å². The molecule has 2 amide bonds. The van der Waals surface area contributed by atoms with Gasteiger partial charge in [0.2, 0.25) is 5.91 Å². The molecule has 0 bridgehead atoms.